The number of aryl methyl sites for hydroxylation is 2. The van der Waals surface area contributed by atoms with Crippen LogP contribution in [-0.2, 0) is 0 Å². The summed E-state index contributed by atoms with van der Waals surface area (Å²) in [6, 6.07) is 9.04. The van der Waals surface area contributed by atoms with E-state index in [0.29, 0.717) is 10.3 Å². The minimum atomic E-state index is -0.294. The highest BCUT2D eigenvalue weighted by molar-refractivity contribution is 9.10. The maximum Gasteiger partial charge on any atom is 0.182 e. The van der Waals surface area contributed by atoms with Gasteiger partial charge in [-0.3, -0.25) is 4.57 Å². The van der Waals surface area contributed by atoms with E-state index in [1.165, 1.54) is 6.07 Å². The second kappa shape index (κ2) is 4.82. The number of imidazole rings is 1. The molecule has 0 saturated carbocycles. The van der Waals surface area contributed by atoms with Gasteiger partial charge in [0.15, 0.2) is 4.77 Å². The molecule has 1 heterocycles. The van der Waals surface area contributed by atoms with Gasteiger partial charge in [0.25, 0.3) is 0 Å². The summed E-state index contributed by atoms with van der Waals surface area (Å²) < 4.78 is 17.3. The Morgan fingerprint density at radius 1 is 1.20 bits per heavy atom. The van der Waals surface area contributed by atoms with Gasteiger partial charge in [0.05, 0.1) is 5.52 Å². The summed E-state index contributed by atoms with van der Waals surface area (Å²) in [4.78, 5) is 2.94. The van der Waals surface area contributed by atoms with Crippen molar-refractivity contribution >= 4 is 39.2 Å². The smallest absolute Gasteiger partial charge is 0.182 e. The van der Waals surface area contributed by atoms with Crippen LogP contribution in [0.4, 0.5) is 4.39 Å². The molecule has 0 aliphatic heterocycles. The van der Waals surface area contributed by atoms with Crippen LogP contribution in [0, 0.1) is 24.4 Å². The normalized spacial score (nSPS) is 11.2. The Morgan fingerprint density at radius 3 is 2.50 bits per heavy atom. The summed E-state index contributed by atoms with van der Waals surface area (Å²) in [5.41, 5.74) is 4.36. The molecule has 0 radical (unpaired) electrons. The number of benzene rings is 2. The predicted molar refractivity (Wildman–Crippen MR) is 85.6 cm³/mol. The standard InChI is InChI=1S/C15H12BrFN2S/c1-8-6-10(7-9(2)13(8)16)19-12-5-3-4-11(17)14(12)18-15(19)20/h3-7H,1-2H3,(H,18,20). The van der Waals surface area contributed by atoms with Crippen LogP contribution >= 0.6 is 28.1 Å². The number of halogens is 2. The van der Waals surface area contributed by atoms with Gasteiger partial charge in [-0.25, -0.2) is 4.39 Å². The summed E-state index contributed by atoms with van der Waals surface area (Å²) in [6.07, 6.45) is 0. The Balaban J connectivity index is 2.38. The molecule has 5 heteroatoms. The first-order valence-corrected chi connectivity index (χ1v) is 7.35. The van der Waals surface area contributed by atoms with Gasteiger partial charge in [0, 0.05) is 10.2 Å². The molecule has 0 spiro atoms. The molecule has 0 amide bonds. The molecule has 20 heavy (non-hydrogen) atoms. The van der Waals surface area contributed by atoms with Crippen molar-refractivity contribution in [2.75, 3.05) is 0 Å². The Hall–Kier alpha value is -1.46. The monoisotopic (exact) mass is 350 g/mol. The number of hydrogen-bond donors (Lipinski definition) is 1. The zero-order valence-corrected chi connectivity index (χ0v) is 13.4. The van der Waals surface area contributed by atoms with Gasteiger partial charge in [-0.15, -0.1) is 0 Å². The second-order valence-electron chi connectivity index (χ2n) is 4.79. The summed E-state index contributed by atoms with van der Waals surface area (Å²) >= 11 is 8.90. The van der Waals surface area contributed by atoms with Gasteiger partial charge >= 0.3 is 0 Å². The molecule has 0 aliphatic rings. The fourth-order valence-electron chi connectivity index (χ4n) is 2.40. The summed E-state index contributed by atoms with van der Waals surface area (Å²) in [5.74, 6) is -0.294. The first-order valence-electron chi connectivity index (χ1n) is 6.15. The summed E-state index contributed by atoms with van der Waals surface area (Å²) in [6.45, 7) is 4.05. The molecular weight excluding hydrogens is 339 g/mol. The van der Waals surface area contributed by atoms with E-state index < -0.39 is 0 Å². The fourth-order valence-corrected chi connectivity index (χ4v) is 2.94. The lowest BCUT2D eigenvalue weighted by Gasteiger charge is -2.10. The fraction of sp³-hybridized carbons (Fsp3) is 0.133. The van der Waals surface area contributed by atoms with Crippen LogP contribution in [0.2, 0.25) is 0 Å². The van der Waals surface area contributed by atoms with E-state index in [0.717, 1.165) is 26.8 Å². The predicted octanol–water partition coefficient (Wildman–Crippen LogP) is 5.21. The Morgan fingerprint density at radius 2 is 1.85 bits per heavy atom. The Kier molecular flexibility index (Phi) is 3.26. The number of H-pyrrole nitrogens is 1. The number of nitrogens with one attached hydrogen (secondary N) is 1. The maximum atomic E-state index is 13.8. The van der Waals surface area contributed by atoms with E-state index in [9.17, 15) is 4.39 Å². The molecule has 0 bridgehead atoms. The van der Waals surface area contributed by atoms with Crippen molar-refractivity contribution in [1.29, 1.82) is 0 Å². The topological polar surface area (TPSA) is 20.7 Å². The minimum Gasteiger partial charge on any atom is -0.328 e. The summed E-state index contributed by atoms with van der Waals surface area (Å²) in [5, 5.41) is 0. The van der Waals surface area contributed by atoms with E-state index in [1.54, 1.807) is 6.07 Å². The quantitative estimate of drug-likeness (QED) is 0.597. The Bertz CT molecular complexity index is 856. The molecular formula is C15H12BrFN2S. The van der Waals surface area contributed by atoms with E-state index in [2.05, 4.69) is 20.9 Å². The van der Waals surface area contributed by atoms with E-state index >= 15 is 0 Å². The van der Waals surface area contributed by atoms with Crippen molar-refractivity contribution < 1.29 is 4.39 Å². The third-order valence-corrected chi connectivity index (χ3v) is 4.88. The van der Waals surface area contributed by atoms with Gasteiger partial charge in [-0.2, -0.15) is 0 Å². The first-order chi connectivity index (χ1) is 9.49. The molecule has 1 aromatic heterocycles. The average molecular weight is 351 g/mol. The zero-order chi connectivity index (χ0) is 14.4. The lowest BCUT2D eigenvalue weighted by molar-refractivity contribution is 0.637. The van der Waals surface area contributed by atoms with Gasteiger partial charge in [-0.1, -0.05) is 22.0 Å². The van der Waals surface area contributed by atoms with Crippen molar-refractivity contribution in [3.8, 4) is 5.69 Å². The molecule has 0 fully saturated rings. The second-order valence-corrected chi connectivity index (χ2v) is 5.97. The highest BCUT2D eigenvalue weighted by Gasteiger charge is 2.11. The number of hydrogen-bond acceptors (Lipinski definition) is 1. The molecule has 2 nitrogen and oxygen atoms in total. The number of para-hydroxylation sites is 1. The van der Waals surface area contributed by atoms with Crippen LogP contribution in [0.5, 0.6) is 0 Å². The lowest BCUT2D eigenvalue weighted by atomic mass is 10.1. The van der Waals surface area contributed by atoms with Crippen molar-refractivity contribution in [3.63, 3.8) is 0 Å². The lowest BCUT2D eigenvalue weighted by Crippen LogP contribution is -1.96. The molecule has 102 valence electrons. The van der Waals surface area contributed by atoms with Crippen LogP contribution in [0.25, 0.3) is 16.7 Å². The zero-order valence-electron chi connectivity index (χ0n) is 11.0. The average Bonchev–Trinajstić information content (AvgIpc) is 2.73. The van der Waals surface area contributed by atoms with E-state index in [1.807, 2.05) is 36.6 Å². The molecule has 3 rings (SSSR count). The number of aromatic nitrogens is 2. The van der Waals surface area contributed by atoms with Gasteiger partial charge in [-0.05, 0) is 61.5 Å². The van der Waals surface area contributed by atoms with E-state index in [-0.39, 0.29) is 5.82 Å². The van der Waals surface area contributed by atoms with Crippen molar-refractivity contribution in [3.05, 3.63) is 56.5 Å². The van der Waals surface area contributed by atoms with Crippen LogP contribution in [0.3, 0.4) is 0 Å². The third-order valence-electron chi connectivity index (χ3n) is 3.35. The van der Waals surface area contributed by atoms with E-state index in [4.69, 9.17) is 12.2 Å². The Labute approximate surface area is 129 Å². The van der Waals surface area contributed by atoms with Gasteiger partial charge < -0.3 is 4.98 Å². The van der Waals surface area contributed by atoms with Crippen LogP contribution in [0.1, 0.15) is 11.1 Å². The molecule has 0 saturated heterocycles. The highest BCUT2D eigenvalue weighted by atomic mass is 79.9. The maximum absolute atomic E-state index is 13.8. The van der Waals surface area contributed by atoms with Crippen LogP contribution in [0.15, 0.2) is 34.8 Å². The van der Waals surface area contributed by atoms with Gasteiger partial charge in [0.2, 0.25) is 0 Å². The SMILES string of the molecule is Cc1cc(-n2c(=S)[nH]c3c(F)cccc32)cc(C)c1Br. The van der Waals surface area contributed by atoms with Crippen molar-refractivity contribution in [2.45, 2.75) is 13.8 Å². The largest absolute Gasteiger partial charge is 0.328 e. The number of aromatic amines is 1. The highest BCUT2D eigenvalue weighted by Crippen LogP contribution is 2.27. The van der Waals surface area contributed by atoms with Crippen LogP contribution < -0.4 is 0 Å². The van der Waals surface area contributed by atoms with Gasteiger partial charge in [0.1, 0.15) is 11.3 Å². The molecule has 3 aromatic rings. The molecule has 0 unspecified atom stereocenters. The van der Waals surface area contributed by atoms with Crippen molar-refractivity contribution in [1.82, 2.24) is 9.55 Å². The van der Waals surface area contributed by atoms with Crippen molar-refractivity contribution in [2.24, 2.45) is 0 Å². The molecule has 0 atom stereocenters. The molecule has 2 aromatic carbocycles. The molecule has 0 aliphatic carbocycles. The number of fused-ring (bicyclic) bond motifs is 1. The molecule has 1 N–H and O–H groups in total. The number of rotatable bonds is 1. The number of nitrogens with zero attached hydrogens (tertiary/aromatic N) is 1. The first kappa shape index (κ1) is 13.5. The summed E-state index contributed by atoms with van der Waals surface area (Å²) in [7, 11) is 0. The third kappa shape index (κ3) is 2.01. The minimum absolute atomic E-state index is 0.294. The van der Waals surface area contributed by atoms with Crippen LogP contribution in [-0.4, -0.2) is 9.55 Å².